The van der Waals surface area contributed by atoms with Gasteiger partial charge >= 0.3 is 0 Å². The third-order valence-corrected chi connectivity index (χ3v) is 2.08. The molecule has 0 saturated carbocycles. The van der Waals surface area contributed by atoms with Gasteiger partial charge in [-0.15, -0.1) is 0 Å². The topological polar surface area (TPSA) is 55.3 Å². The summed E-state index contributed by atoms with van der Waals surface area (Å²) in [4.78, 5) is 6.40. The Labute approximate surface area is 85.1 Å². The standard InChI is InChI=1S/C10H19N3O/c1-7(11)10-12-8(2)9(14-10)5-6-13(3)4/h7H,5-6,11H2,1-4H3/t7-/m0/s1. The molecule has 0 saturated heterocycles. The van der Waals surface area contributed by atoms with E-state index in [0.717, 1.165) is 24.4 Å². The van der Waals surface area contributed by atoms with Crippen molar-refractivity contribution in [1.82, 2.24) is 9.88 Å². The molecule has 0 radical (unpaired) electrons. The minimum atomic E-state index is -0.123. The Morgan fingerprint density at radius 1 is 1.50 bits per heavy atom. The van der Waals surface area contributed by atoms with Crippen LogP contribution in [-0.4, -0.2) is 30.5 Å². The molecule has 1 atom stereocenters. The van der Waals surface area contributed by atoms with Crippen LogP contribution in [0.15, 0.2) is 4.42 Å². The molecule has 0 fully saturated rings. The second-order valence-corrected chi connectivity index (χ2v) is 3.90. The van der Waals surface area contributed by atoms with Gasteiger partial charge in [0.25, 0.3) is 0 Å². The van der Waals surface area contributed by atoms with Crippen LogP contribution in [0.1, 0.15) is 30.3 Å². The number of hydrogen-bond acceptors (Lipinski definition) is 4. The Kier molecular flexibility index (Phi) is 3.66. The first-order valence-electron chi connectivity index (χ1n) is 4.87. The van der Waals surface area contributed by atoms with E-state index in [9.17, 15) is 0 Å². The van der Waals surface area contributed by atoms with Gasteiger partial charge in [-0.25, -0.2) is 4.98 Å². The fourth-order valence-corrected chi connectivity index (χ4v) is 1.20. The minimum absolute atomic E-state index is 0.123. The number of aromatic nitrogens is 1. The lowest BCUT2D eigenvalue weighted by Crippen LogP contribution is -2.15. The van der Waals surface area contributed by atoms with Crippen LogP contribution in [0, 0.1) is 6.92 Å². The summed E-state index contributed by atoms with van der Waals surface area (Å²) in [6, 6.07) is -0.123. The highest BCUT2D eigenvalue weighted by atomic mass is 16.4. The molecule has 1 rings (SSSR count). The van der Waals surface area contributed by atoms with Crippen molar-refractivity contribution in [2.45, 2.75) is 26.3 Å². The van der Waals surface area contributed by atoms with E-state index in [4.69, 9.17) is 10.2 Å². The van der Waals surface area contributed by atoms with Crippen molar-refractivity contribution in [2.24, 2.45) is 5.73 Å². The molecule has 1 aromatic heterocycles. The van der Waals surface area contributed by atoms with Gasteiger partial charge in [0.1, 0.15) is 5.76 Å². The highest BCUT2D eigenvalue weighted by molar-refractivity contribution is 5.09. The fraction of sp³-hybridized carbons (Fsp3) is 0.700. The zero-order chi connectivity index (χ0) is 10.7. The molecule has 4 heteroatoms. The molecule has 80 valence electrons. The van der Waals surface area contributed by atoms with E-state index in [2.05, 4.69) is 9.88 Å². The monoisotopic (exact) mass is 197 g/mol. The van der Waals surface area contributed by atoms with E-state index in [0.29, 0.717) is 5.89 Å². The van der Waals surface area contributed by atoms with Crippen LogP contribution in [0.3, 0.4) is 0 Å². The molecule has 4 nitrogen and oxygen atoms in total. The summed E-state index contributed by atoms with van der Waals surface area (Å²) < 4.78 is 5.56. The normalized spacial score (nSPS) is 13.6. The summed E-state index contributed by atoms with van der Waals surface area (Å²) >= 11 is 0. The van der Waals surface area contributed by atoms with E-state index in [1.165, 1.54) is 0 Å². The van der Waals surface area contributed by atoms with Crippen molar-refractivity contribution < 1.29 is 4.42 Å². The lowest BCUT2D eigenvalue weighted by molar-refractivity contribution is 0.374. The van der Waals surface area contributed by atoms with E-state index in [1.807, 2.05) is 27.9 Å². The molecule has 0 aliphatic rings. The van der Waals surface area contributed by atoms with Gasteiger partial charge in [-0.3, -0.25) is 0 Å². The van der Waals surface area contributed by atoms with Crippen LogP contribution in [0.2, 0.25) is 0 Å². The average molecular weight is 197 g/mol. The second kappa shape index (κ2) is 4.57. The molecule has 0 amide bonds. The first-order valence-corrected chi connectivity index (χ1v) is 4.87. The van der Waals surface area contributed by atoms with Gasteiger partial charge in [0, 0.05) is 13.0 Å². The molecular weight excluding hydrogens is 178 g/mol. The summed E-state index contributed by atoms with van der Waals surface area (Å²) in [6.45, 7) is 4.80. The quantitative estimate of drug-likeness (QED) is 0.785. The second-order valence-electron chi connectivity index (χ2n) is 3.90. The summed E-state index contributed by atoms with van der Waals surface area (Å²) in [5.74, 6) is 1.59. The average Bonchev–Trinajstić information content (AvgIpc) is 2.43. The number of nitrogens with two attached hydrogens (primary N) is 1. The van der Waals surface area contributed by atoms with Crippen LogP contribution >= 0.6 is 0 Å². The van der Waals surface area contributed by atoms with Crippen LogP contribution < -0.4 is 5.73 Å². The van der Waals surface area contributed by atoms with Gasteiger partial charge in [0.2, 0.25) is 5.89 Å². The minimum Gasteiger partial charge on any atom is -0.444 e. The third kappa shape index (κ3) is 2.82. The van der Waals surface area contributed by atoms with Crippen molar-refractivity contribution in [1.29, 1.82) is 0 Å². The fourth-order valence-electron chi connectivity index (χ4n) is 1.20. The first kappa shape index (κ1) is 11.2. The van der Waals surface area contributed by atoms with Gasteiger partial charge < -0.3 is 15.1 Å². The van der Waals surface area contributed by atoms with Gasteiger partial charge in [-0.05, 0) is 27.9 Å². The summed E-state index contributed by atoms with van der Waals surface area (Å²) in [6.07, 6.45) is 0.887. The maximum Gasteiger partial charge on any atom is 0.211 e. The van der Waals surface area contributed by atoms with Crippen LogP contribution in [0.25, 0.3) is 0 Å². The highest BCUT2D eigenvalue weighted by Gasteiger charge is 2.12. The highest BCUT2D eigenvalue weighted by Crippen LogP contribution is 2.15. The predicted octanol–water partition coefficient (Wildman–Crippen LogP) is 1.11. The van der Waals surface area contributed by atoms with Crippen LogP contribution in [0.5, 0.6) is 0 Å². The maximum atomic E-state index is 5.69. The molecular formula is C10H19N3O. The SMILES string of the molecule is Cc1nc([C@H](C)N)oc1CCN(C)C. The number of hydrogen-bond donors (Lipinski definition) is 1. The molecule has 1 aromatic rings. The third-order valence-electron chi connectivity index (χ3n) is 2.08. The predicted molar refractivity (Wildman–Crippen MR) is 56.1 cm³/mol. The van der Waals surface area contributed by atoms with Gasteiger partial charge in [-0.2, -0.15) is 0 Å². The van der Waals surface area contributed by atoms with Gasteiger partial charge in [0.05, 0.1) is 11.7 Å². The molecule has 0 aliphatic heterocycles. The number of rotatable bonds is 4. The van der Waals surface area contributed by atoms with E-state index < -0.39 is 0 Å². The summed E-state index contributed by atoms with van der Waals surface area (Å²) in [7, 11) is 4.08. The van der Waals surface area contributed by atoms with E-state index in [-0.39, 0.29) is 6.04 Å². The molecule has 0 bridgehead atoms. The Bertz CT molecular complexity index is 292. The van der Waals surface area contributed by atoms with Crippen LogP contribution in [-0.2, 0) is 6.42 Å². The lowest BCUT2D eigenvalue weighted by Gasteiger charge is -2.07. The molecule has 0 aromatic carbocycles. The van der Waals surface area contributed by atoms with Crippen molar-refractivity contribution in [3.63, 3.8) is 0 Å². The number of nitrogens with zero attached hydrogens (tertiary/aromatic N) is 2. The molecule has 0 unspecified atom stereocenters. The van der Waals surface area contributed by atoms with Crippen molar-refractivity contribution in [3.8, 4) is 0 Å². The number of aryl methyl sites for hydroxylation is 1. The Balaban J connectivity index is 2.67. The molecule has 14 heavy (non-hydrogen) atoms. The van der Waals surface area contributed by atoms with E-state index >= 15 is 0 Å². The Morgan fingerprint density at radius 3 is 2.57 bits per heavy atom. The lowest BCUT2D eigenvalue weighted by atomic mass is 10.3. The molecule has 2 N–H and O–H groups in total. The van der Waals surface area contributed by atoms with Crippen LogP contribution in [0.4, 0.5) is 0 Å². The smallest absolute Gasteiger partial charge is 0.211 e. The molecule has 0 aliphatic carbocycles. The van der Waals surface area contributed by atoms with Gasteiger partial charge in [0.15, 0.2) is 0 Å². The maximum absolute atomic E-state index is 5.69. The van der Waals surface area contributed by atoms with Crippen molar-refractivity contribution in [3.05, 3.63) is 17.3 Å². The molecule has 0 spiro atoms. The number of likely N-dealkylation sites (N-methyl/N-ethyl adjacent to an activating group) is 1. The first-order chi connectivity index (χ1) is 6.50. The number of oxazole rings is 1. The van der Waals surface area contributed by atoms with Crippen molar-refractivity contribution >= 4 is 0 Å². The molecule has 1 heterocycles. The van der Waals surface area contributed by atoms with Crippen molar-refractivity contribution in [2.75, 3.05) is 20.6 Å². The van der Waals surface area contributed by atoms with Gasteiger partial charge in [-0.1, -0.05) is 0 Å². The zero-order valence-corrected chi connectivity index (χ0v) is 9.37. The summed E-state index contributed by atoms with van der Waals surface area (Å²) in [5, 5.41) is 0. The Hall–Kier alpha value is -0.870. The van der Waals surface area contributed by atoms with E-state index in [1.54, 1.807) is 0 Å². The zero-order valence-electron chi connectivity index (χ0n) is 9.37. The Morgan fingerprint density at radius 2 is 2.14 bits per heavy atom. The summed E-state index contributed by atoms with van der Waals surface area (Å²) in [5.41, 5.74) is 6.64. The largest absolute Gasteiger partial charge is 0.444 e.